The van der Waals surface area contributed by atoms with Crippen LogP contribution in [0.2, 0.25) is 5.02 Å². The molecule has 1 aliphatic heterocycles. The number of hydrogen-bond acceptors (Lipinski definition) is 5. The lowest BCUT2D eigenvalue weighted by atomic mass is 10.1. The van der Waals surface area contributed by atoms with Crippen LogP contribution >= 0.6 is 11.6 Å². The van der Waals surface area contributed by atoms with Crippen LogP contribution in [-0.4, -0.2) is 30.4 Å². The molecule has 1 fully saturated rings. The van der Waals surface area contributed by atoms with Gasteiger partial charge in [0.1, 0.15) is 17.1 Å². The summed E-state index contributed by atoms with van der Waals surface area (Å²) in [5.74, 6) is -2.61. The lowest BCUT2D eigenvalue weighted by molar-refractivity contribution is -0.122. The van der Waals surface area contributed by atoms with Crippen LogP contribution in [0.15, 0.2) is 72.3 Å². The second kappa shape index (κ2) is 11.0. The number of hydrogen-bond donors (Lipinski definition) is 2. The molecule has 0 aliphatic carbocycles. The van der Waals surface area contributed by atoms with Crippen LogP contribution in [0, 0.1) is 5.82 Å². The number of anilines is 2. The normalized spacial score (nSPS) is 14.5. The van der Waals surface area contributed by atoms with Crippen molar-refractivity contribution in [3.05, 3.63) is 94.3 Å². The molecule has 3 aromatic carbocycles. The number of carbonyl (C=O) groups is 4. The summed E-state index contributed by atoms with van der Waals surface area (Å²) in [5.41, 5.74) is 1.51. The van der Waals surface area contributed by atoms with Gasteiger partial charge in [0.25, 0.3) is 17.7 Å². The van der Waals surface area contributed by atoms with E-state index >= 15 is 0 Å². The van der Waals surface area contributed by atoms with E-state index in [1.54, 1.807) is 30.3 Å². The summed E-state index contributed by atoms with van der Waals surface area (Å²) in [6, 6.07) is 16.2. The molecule has 1 aliphatic rings. The number of ether oxygens (including phenoxy) is 1. The zero-order valence-electron chi connectivity index (χ0n) is 19.6. The molecule has 0 unspecified atom stereocenters. The maximum Gasteiger partial charge on any atom is 0.335 e. The largest absolute Gasteiger partial charge is 0.482 e. The molecule has 0 bridgehead atoms. The van der Waals surface area contributed by atoms with Crippen molar-refractivity contribution in [3.63, 3.8) is 0 Å². The van der Waals surface area contributed by atoms with E-state index in [0.717, 1.165) is 16.9 Å². The Bertz CT molecular complexity index is 1420. The molecule has 0 radical (unpaired) electrons. The topological polar surface area (TPSA) is 105 Å². The minimum Gasteiger partial charge on any atom is -0.482 e. The van der Waals surface area contributed by atoms with Gasteiger partial charge in [0, 0.05) is 0 Å². The van der Waals surface area contributed by atoms with Gasteiger partial charge in [0.15, 0.2) is 6.61 Å². The zero-order valence-corrected chi connectivity index (χ0v) is 20.3. The Balaban J connectivity index is 1.48. The lowest BCUT2D eigenvalue weighted by Crippen LogP contribution is -2.54. The molecule has 188 valence electrons. The molecular formula is C27H21ClFN3O5. The van der Waals surface area contributed by atoms with Crippen LogP contribution in [0.4, 0.5) is 20.6 Å². The molecule has 0 saturated carbocycles. The van der Waals surface area contributed by atoms with Gasteiger partial charge in [0.2, 0.25) is 0 Å². The fourth-order valence-corrected chi connectivity index (χ4v) is 3.80. The van der Waals surface area contributed by atoms with Crippen LogP contribution in [-0.2, 0) is 20.8 Å². The summed E-state index contributed by atoms with van der Waals surface area (Å²) >= 11 is 6.27. The van der Waals surface area contributed by atoms with Crippen molar-refractivity contribution in [2.75, 3.05) is 16.8 Å². The van der Waals surface area contributed by atoms with Gasteiger partial charge in [-0.3, -0.25) is 19.7 Å². The van der Waals surface area contributed by atoms with Crippen molar-refractivity contribution in [1.29, 1.82) is 0 Å². The van der Waals surface area contributed by atoms with Gasteiger partial charge in [-0.05, 0) is 60.0 Å². The summed E-state index contributed by atoms with van der Waals surface area (Å²) in [6.07, 6.45) is 2.10. The highest BCUT2D eigenvalue weighted by atomic mass is 35.5. The number of rotatable bonds is 7. The number of carbonyl (C=O) groups excluding carboxylic acids is 4. The highest BCUT2D eigenvalue weighted by Gasteiger charge is 2.36. The number of aryl methyl sites for hydroxylation is 1. The summed E-state index contributed by atoms with van der Waals surface area (Å²) in [5, 5.41) is 4.68. The van der Waals surface area contributed by atoms with Crippen LogP contribution in [0.5, 0.6) is 5.75 Å². The van der Waals surface area contributed by atoms with Crippen molar-refractivity contribution in [3.8, 4) is 5.75 Å². The zero-order chi connectivity index (χ0) is 26.5. The molecular weight excluding hydrogens is 501 g/mol. The Kier molecular flexibility index (Phi) is 7.64. The molecule has 0 atom stereocenters. The van der Waals surface area contributed by atoms with Gasteiger partial charge in [0.05, 0.1) is 16.4 Å². The minimum absolute atomic E-state index is 0.0217. The molecule has 2 N–H and O–H groups in total. The van der Waals surface area contributed by atoms with Crippen LogP contribution < -0.4 is 20.3 Å². The van der Waals surface area contributed by atoms with E-state index in [0.29, 0.717) is 11.3 Å². The average Bonchev–Trinajstić information content (AvgIpc) is 2.87. The average molecular weight is 522 g/mol. The van der Waals surface area contributed by atoms with Crippen molar-refractivity contribution >= 4 is 52.8 Å². The van der Waals surface area contributed by atoms with Gasteiger partial charge in [-0.1, -0.05) is 48.9 Å². The number of urea groups is 1. The smallest absolute Gasteiger partial charge is 0.335 e. The number of nitrogens with zero attached hydrogens (tertiary/aromatic N) is 1. The Morgan fingerprint density at radius 3 is 2.49 bits per heavy atom. The van der Waals surface area contributed by atoms with E-state index in [4.69, 9.17) is 16.3 Å². The standard InChI is InChI=1S/C27H21ClFN3O5/c1-2-16-7-10-18(11-8-16)32-26(35)19(25(34)31-27(32)36)13-17-9-12-23(20(28)14-17)37-15-24(33)30-22-6-4-3-5-21(22)29/h3-14H,2,15H2,1H3,(H,30,33)(H,31,34,36)/b19-13+. The Morgan fingerprint density at radius 1 is 1.08 bits per heavy atom. The molecule has 1 heterocycles. The first-order chi connectivity index (χ1) is 17.8. The summed E-state index contributed by atoms with van der Waals surface area (Å²) in [6.45, 7) is 1.55. The molecule has 1 saturated heterocycles. The SMILES string of the molecule is CCc1ccc(N2C(=O)NC(=O)/C(=C\c3ccc(OCC(=O)Nc4ccccc4F)c(Cl)c3)C2=O)cc1. The lowest BCUT2D eigenvalue weighted by Gasteiger charge is -2.26. The van der Waals surface area contributed by atoms with E-state index in [9.17, 15) is 23.6 Å². The van der Waals surface area contributed by atoms with E-state index in [1.165, 1.54) is 42.5 Å². The molecule has 0 aromatic heterocycles. The summed E-state index contributed by atoms with van der Waals surface area (Å²) in [4.78, 5) is 50.8. The maximum absolute atomic E-state index is 13.7. The third-order valence-electron chi connectivity index (χ3n) is 5.48. The van der Waals surface area contributed by atoms with Crippen LogP contribution in [0.3, 0.4) is 0 Å². The highest BCUT2D eigenvalue weighted by Crippen LogP contribution is 2.28. The second-order valence-corrected chi connectivity index (χ2v) is 8.39. The van der Waals surface area contributed by atoms with Gasteiger partial charge in [-0.2, -0.15) is 0 Å². The number of halogens is 2. The third kappa shape index (κ3) is 5.84. The number of imide groups is 2. The Hall–Kier alpha value is -4.50. The maximum atomic E-state index is 13.7. The van der Waals surface area contributed by atoms with Gasteiger partial charge >= 0.3 is 6.03 Å². The predicted molar refractivity (Wildman–Crippen MR) is 137 cm³/mol. The number of amides is 5. The summed E-state index contributed by atoms with van der Waals surface area (Å²) < 4.78 is 19.1. The van der Waals surface area contributed by atoms with E-state index < -0.39 is 36.2 Å². The fraction of sp³-hybridized carbons (Fsp3) is 0.111. The molecule has 10 heteroatoms. The van der Waals surface area contributed by atoms with E-state index in [1.807, 2.05) is 6.92 Å². The number of benzene rings is 3. The van der Waals surface area contributed by atoms with E-state index in [-0.39, 0.29) is 22.0 Å². The van der Waals surface area contributed by atoms with E-state index in [2.05, 4.69) is 10.6 Å². The molecule has 37 heavy (non-hydrogen) atoms. The molecule has 8 nitrogen and oxygen atoms in total. The Morgan fingerprint density at radius 2 is 1.81 bits per heavy atom. The Labute approximate surface area is 216 Å². The quantitative estimate of drug-likeness (QED) is 0.345. The van der Waals surface area contributed by atoms with Crippen molar-refractivity contribution in [2.45, 2.75) is 13.3 Å². The monoisotopic (exact) mass is 521 g/mol. The molecule has 4 rings (SSSR count). The molecule has 0 spiro atoms. The van der Waals surface area contributed by atoms with Crippen molar-refractivity contribution < 1.29 is 28.3 Å². The van der Waals surface area contributed by atoms with Crippen molar-refractivity contribution in [1.82, 2.24) is 5.32 Å². The first-order valence-electron chi connectivity index (χ1n) is 11.2. The molecule has 5 amide bonds. The fourth-order valence-electron chi connectivity index (χ4n) is 3.56. The van der Waals surface area contributed by atoms with Crippen molar-refractivity contribution in [2.24, 2.45) is 0 Å². The third-order valence-corrected chi connectivity index (χ3v) is 5.77. The van der Waals surface area contributed by atoms with Crippen LogP contribution in [0.1, 0.15) is 18.1 Å². The number of para-hydroxylation sites is 1. The van der Waals surface area contributed by atoms with Crippen LogP contribution in [0.25, 0.3) is 6.08 Å². The number of nitrogens with one attached hydrogen (secondary N) is 2. The predicted octanol–water partition coefficient (Wildman–Crippen LogP) is 4.73. The first kappa shape index (κ1) is 25.6. The van der Waals surface area contributed by atoms with Gasteiger partial charge in [-0.15, -0.1) is 0 Å². The minimum atomic E-state index is -0.841. The van der Waals surface area contributed by atoms with Gasteiger partial charge < -0.3 is 10.1 Å². The molecule has 3 aromatic rings. The first-order valence-corrected chi connectivity index (χ1v) is 11.6. The highest BCUT2D eigenvalue weighted by molar-refractivity contribution is 6.39. The van der Waals surface area contributed by atoms with Gasteiger partial charge in [-0.25, -0.2) is 14.1 Å². The second-order valence-electron chi connectivity index (χ2n) is 7.98. The summed E-state index contributed by atoms with van der Waals surface area (Å²) in [7, 11) is 0. The number of barbiturate groups is 1.